The number of carbonyl (C=O) groups excluding carboxylic acids is 3. The van der Waals surface area contributed by atoms with Gasteiger partial charge in [0.1, 0.15) is 13.2 Å². The zero-order chi connectivity index (χ0) is 52.2. The molecular formula is C66H106O6. The lowest BCUT2D eigenvalue weighted by molar-refractivity contribution is -0.167. The molecule has 0 aliphatic rings. The third-order valence-electron chi connectivity index (χ3n) is 11.9. The summed E-state index contributed by atoms with van der Waals surface area (Å²) in [6, 6.07) is 0. The number of unbranched alkanes of at least 4 members (excludes halogenated alkanes) is 18. The third-order valence-corrected chi connectivity index (χ3v) is 11.9. The number of carbonyl (C=O) groups is 3. The van der Waals surface area contributed by atoms with E-state index in [9.17, 15) is 14.4 Å². The fourth-order valence-electron chi connectivity index (χ4n) is 7.60. The SMILES string of the molecule is CC/C=C\C/C=C\C/C=C\C/C=C\C/C=C\C/C=C\C/C=C\CCCC(=O)OCC(COC(=O)CCCCCCCCCCCCCC)OC(=O)CCCCCCCC/C=C\C/C=C\C/C=C\C/C=C\CC. The summed E-state index contributed by atoms with van der Waals surface area (Å²) in [5, 5.41) is 0. The molecular weight excluding hydrogens is 889 g/mol. The Morgan fingerprint density at radius 3 is 0.903 bits per heavy atom. The van der Waals surface area contributed by atoms with Gasteiger partial charge in [0, 0.05) is 19.3 Å². The molecule has 0 aromatic carbocycles. The summed E-state index contributed by atoms with van der Waals surface area (Å²) in [7, 11) is 0. The van der Waals surface area contributed by atoms with Crippen LogP contribution in [0.25, 0.3) is 0 Å². The van der Waals surface area contributed by atoms with Crippen LogP contribution in [0.2, 0.25) is 0 Å². The van der Waals surface area contributed by atoms with Gasteiger partial charge in [-0.25, -0.2) is 0 Å². The lowest BCUT2D eigenvalue weighted by Gasteiger charge is -2.18. The molecule has 0 saturated carbocycles. The Bertz CT molecular complexity index is 1560. The number of allylic oxidation sites excluding steroid dienone is 22. The second kappa shape index (κ2) is 59.1. The molecule has 1 atom stereocenters. The molecule has 0 saturated heterocycles. The van der Waals surface area contributed by atoms with E-state index in [1.54, 1.807) is 0 Å². The fraction of sp³-hybridized carbons (Fsp3) is 0.621. The highest BCUT2D eigenvalue weighted by atomic mass is 16.6. The predicted molar refractivity (Wildman–Crippen MR) is 311 cm³/mol. The van der Waals surface area contributed by atoms with Crippen molar-refractivity contribution in [1.29, 1.82) is 0 Å². The maximum Gasteiger partial charge on any atom is 0.306 e. The van der Waals surface area contributed by atoms with Gasteiger partial charge in [0.15, 0.2) is 6.10 Å². The topological polar surface area (TPSA) is 78.9 Å². The van der Waals surface area contributed by atoms with Crippen LogP contribution in [0.1, 0.15) is 245 Å². The van der Waals surface area contributed by atoms with Crippen LogP contribution in [0.5, 0.6) is 0 Å². The van der Waals surface area contributed by atoms with Crippen molar-refractivity contribution in [1.82, 2.24) is 0 Å². The maximum absolute atomic E-state index is 12.9. The van der Waals surface area contributed by atoms with Crippen molar-refractivity contribution in [2.24, 2.45) is 0 Å². The largest absolute Gasteiger partial charge is 0.462 e. The normalized spacial score (nSPS) is 13.1. The van der Waals surface area contributed by atoms with Crippen molar-refractivity contribution < 1.29 is 28.6 Å². The summed E-state index contributed by atoms with van der Waals surface area (Å²) < 4.78 is 16.8. The Morgan fingerprint density at radius 1 is 0.292 bits per heavy atom. The lowest BCUT2D eigenvalue weighted by Crippen LogP contribution is -2.30. The number of hydrogen-bond donors (Lipinski definition) is 0. The van der Waals surface area contributed by atoms with Crippen molar-refractivity contribution in [2.45, 2.75) is 252 Å². The highest BCUT2D eigenvalue weighted by Gasteiger charge is 2.19. The first-order valence-corrected chi connectivity index (χ1v) is 29.2. The van der Waals surface area contributed by atoms with E-state index >= 15 is 0 Å². The van der Waals surface area contributed by atoms with Crippen molar-refractivity contribution in [3.8, 4) is 0 Å². The van der Waals surface area contributed by atoms with Gasteiger partial charge in [-0.05, 0) is 109 Å². The minimum absolute atomic E-state index is 0.104. The molecule has 6 nitrogen and oxygen atoms in total. The summed E-state index contributed by atoms with van der Waals surface area (Å²) >= 11 is 0. The number of ether oxygens (including phenoxy) is 3. The molecule has 72 heavy (non-hydrogen) atoms. The molecule has 0 aliphatic carbocycles. The van der Waals surface area contributed by atoms with Crippen LogP contribution in [0.3, 0.4) is 0 Å². The molecule has 0 fully saturated rings. The van der Waals surface area contributed by atoms with Gasteiger partial charge in [-0.3, -0.25) is 14.4 Å². The van der Waals surface area contributed by atoms with Crippen LogP contribution in [-0.4, -0.2) is 37.2 Å². The molecule has 1 unspecified atom stereocenters. The summed E-state index contributed by atoms with van der Waals surface area (Å²) in [6.45, 7) is 6.34. The quantitative estimate of drug-likeness (QED) is 0.0261. The van der Waals surface area contributed by atoms with E-state index in [1.807, 2.05) is 0 Å². The Morgan fingerprint density at radius 2 is 0.556 bits per heavy atom. The van der Waals surface area contributed by atoms with E-state index < -0.39 is 6.10 Å². The van der Waals surface area contributed by atoms with E-state index in [0.717, 1.165) is 128 Å². The van der Waals surface area contributed by atoms with Crippen molar-refractivity contribution in [3.63, 3.8) is 0 Å². The standard InChI is InChI=1S/C66H106O6/c1-4-7-10-13-16-19-22-25-27-29-31-32-33-34-36-37-39-41-44-47-50-53-56-59-65(68)71-62-63(61-70-64(67)58-55-52-49-46-43-24-21-18-15-12-9-6-3)72-66(69)60-57-54-51-48-45-42-40-38-35-30-28-26-23-20-17-14-11-8-5-2/h7-8,10-11,16-17,19-20,25-28,31-32,34-36,38-39,41,47,50,63H,4-6,9,12-15,18,21-24,29-30,33,37,40,42-46,48-49,51-62H2,1-3H3/b10-7-,11-8-,19-16-,20-17-,27-25-,28-26-,32-31-,36-34-,38-35-,41-39-,50-47-. The zero-order valence-corrected chi connectivity index (χ0v) is 46.4. The average molecular weight is 996 g/mol. The Labute approximate surface area is 443 Å². The number of rotatable bonds is 51. The average Bonchev–Trinajstić information content (AvgIpc) is 3.38. The summed E-state index contributed by atoms with van der Waals surface area (Å²) in [5.74, 6) is -0.983. The van der Waals surface area contributed by atoms with Crippen LogP contribution < -0.4 is 0 Å². The van der Waals surface area contributed by atoms with Crippen LogP contribution in [0.15, 0.2) is 134 Å². The van der Waals surface area contributed by atoms with E-state index in [4.69, 9.17) is 14.2 Å². The Hall–Kier alpha value is -4.45. The summed E-state index contributed by atoms with van der Waals surface area (Å²) in [4.78, 5) is 38.2. The first-order valence-electron chi connectivity index (χ1n) is 29.2. The van der Waals surface area contributed by atoms with Gasteiger partial charge in [-0.1, -0.05) is 251 Å². The van der Waals surface area contributed by atoms with Crippen LogP contribution in [0.4, 0.5) is 0 Å². The predicted octanol–water partition coefficient (Wildman–Crippen LogP) is 19.8. The van der Waals surface area contributed by atoms with Crippen molar-refractivity contribution in [2.75, 3.05) is 13.2 Å². The van der Waals surface area contributed by atoms with Gasteiger partial charge in [0.25, 0.3) is 0 Å². The molecule has 0 aliphatic heterocycles. The smallest absolute Gasteiger partial charge is 0.306 e. The molecule has 0 aromatic rings. The second-order valence-corrected chi connectivity index (χ2v) is 18.8. The molecule has 406 valence electrons. The molecule has 0 aromatic heterocycles. The maximum atomic E-state index is 12.9. The molecule has 0 N–H and O–H groups in total. The van der Waals surface area contributed by atoms with Gasteiger partial charge in [-0.2, -0.15) is 0 Å². The van der Waals surface area contributed by atoms with Crippen molar-refractivity contribution >= 4 is 17.9 Å². The summed E-state index contributed by atoms with van der Waals surface area (Å²) in [6.07, 6.45) is 83.0. The minimum atomic E-state index is -0.813. The highest BCUT2D eigenvalue weighted by molar-refractivity contribution is 5.71. The van der Waals surface area contributed by atoms with Crippen LogP contribution in [-0.2, 0) is 28.6 Å². The molecule has 6 heteroatoms. The van der Waals surface area contributed by atoms with E-state index in [0.29, 0.717) is 19.3 Å². The zero-order valence-electron chi connectivity index (χ0n) is 46.4. The first-order chi connectivity index (χ1) is 35.5. The molecule has 0 radical (unpaired) electrons. The van der Waals surface area contributed by atoms with Gasteiger partial charge in [-0.15, -0.1) is 0 Å². The lowest BCUT2D eigenvalue weighted by atomic mass is 10.0. The fourth-order valence-corrected chi connectivity index (χ4v) is 7.60. The molecule has 0 heterocycles. The monoisotopic (exact) mass is 995 g/mol. The highest BCUT2D eigenvalue weighted by Crippen LogP contribution is 2.14. The van der Waals surface area contributed by atoms with Crippen molar-refractivity contribution in [3.05, 3.63) is 134 Å². The number of esters is 3. The van der Waals surface area contributed by atoms with Gasteiger partial charge in [0.2, 0.25) is 0 Å². The first kappa shape index (κ1) is 67.5. The van der Waals surface area contributed by atoms with Gasteiger partial charge < -0.3 is 14.2 Å². The third kappa shape index (κ3) is 56.5. The molecule has 0 amide bonds. The van der Waals surface area contributed by atoms with Gasteiger partial charge in [0.05, 0.1) is 0 Å². The summed E-state index contributed by atoms with van der Waals surface area (Å²) in [5.41, 5.74) is 0. The van der Waals surface area contributed by atoms with Crippen LogP contribution >= 0.6 is 0 Å². The number of hydrogen-bond acceptors (Lipinski definition) is 6. The van der Waals surface area contributed by atoms with E-state index in [-0.39, 0.29) is 37.5 Å². The van der Waals surface area contributed by atoms with Gasteiger partial charge >= 0.3 is 17.9 Å². The van der Waals surface area contributed by atoms with Crippen LogP contribution in [0, 0.1) is 0 Å². The Balaban J connectivity index is 4.50. The van der Waals surface area contributed by atoms with E-state index in [2.05, 4.69) is 154 Å². The molecule has 0 spiro atoms. The molecule has 0 rings (SSSR count). The molecule has 0 bridgehead atoms. The second-order valence-electron chi connectivity index (χ2n) is 18.8. The Kier molecular flexibility index (Phi) is 55.5. The van der Waals surface area contributed by atoms with E-state index in [1.165, 1.54) is 70.6 Å². The minimum Gasteiger partial charge on any atom is -0.462 e.